The topological polar surface area (TPSA) is 73.4 Å². The fourth-order valence-electron chi connectivity index (χ4n) is 2.67. The van der Waals surface area contributed by atoms with E-state index >= 15 is 0 Å². The maximum absolute atomic E-state index is 12.0. The Labute approximate surface area is 139 Å². The molecule has 6 nitrogen and oxygen atoms in total. The Bertz CT molecular complexity index is 886. The van der Waals surface area contributed by atoms with E-state index in [9.17, 15) is 4.79 Å². The number of imidazole rings is 1. The number of hydrogen-bond acceptors (Lipinski definition) is 5. The van der Waals surface area contributed by atoms with Crippen LogP contribution in [0.15, 0.2) is 36.4 Å². The molecule has 0 atom stereocenters. The van der Waals surface area contributed by atoms with Crippen LogP contribution in [0.1, 0.15) is 21.7 Å². The molecule has 0 bridgehead atoms. The van der Waals surface area contributed by atoms with Gasteiger partial charge in [-0.15, -0.1) is 0 Å². The van der Waals surface area contributed by atoms with E-state index in [4.69, 9.17) is 14.2 Å². The predicted octanol–water partition coefficient (Wildman–Crippen LogP) is 2.96. The van der Waals surface area contributed by atoms with Gasteiger partial charge in [-0.1, -0.05) is 18.2 Å². The number of hydrogen-bond donors (Lipinski definition) is 1. The van der Waals surface area contributed by atoms with Crippen molar-refractivity contribution in [2.45, 2.75) is 6.42 Å². The summed E-state index contributed by atoms with van der Waals surface area (Å²) in [6.07, 6.45) is 0.544. The lowest BCUT2D eigenvalue weighted by Crippen LogP contribution is -2.02. The number of nitrogens with one attached hydrogen (secondary N) is 1. The Morgan fingerprint density at radius 3 is 2.50 bits per heavy atom. The number of fused-ring (bicyclic) bond motifs is 1. The average molecular weight is 326 g/mol. The van der Waals surface area contributed by atoms with Crippen LogP contribution in [0.2, 0.25) is 0 Å². The Morgan fingerprint density at radius 2 is 1.79 bits per heavy atom. The minimum atomic E-state index is -0.421. The van der Waals surface area contributed by atoms with E-state index in [2.05, 4.69) is 9.97 Å². The van der Waals surface area contributed by atoms with Crippen molar-refractivity contribution in [2.24, 2.45) is 0 Å². The number of para-hydroxylation sites is 1. The molecule has 0 unspecified atom stereocenters. The minimum absolute atomic E-state index is 0.421. The summed E-state index contributed by atoms with van der Waals surface area (Å²) in [7, 11) is 4.56. The predicted molar refractivity (Wildman–Crippen MR) is 89.8 cm³/mol. The zero-order valence-corrected chi connectivity index (χ0v) is 13.8. The number of carbonyl (C=O) groups is 1. The molecule has 1 heterocycles. The first-order valence-corrected chi connectivity index (χ1v) is 7.43. The highest BCUT2D eigenvalue weighted by molar-refractivity contribution is 6.03. The van der Waals surface area contributed by atoms with Crippen molar-refractivity contribution >= 4 is 17.0 Å². The number of esters is 1. The molecule has 0 amide bonds. The van der Waals surface area contributed by atoms with E-state index in [0.717, 1.165) is 11.3 Å². The van der Waals surface area contributed by atoms with Gasteiger partial charge in [-0.2, -0.15) is 0 Å². The highest BCUT2D eigenvalue weighted by Crippen LogP contribution is 2.28. The molecule has 6 heteroatoms. The fourth-order valence-corrected chi connectivity index (χ4v) is 2.67. The zero-order chi connectivity index (χ0) is 17.1. The largest absolute Gasteiger partial charge is 0.496 e. The second kappa shape index (κ2) is 6.62. The van der Waals surface area contributed by atoms with E-state index < -0.39 is 5.97 Å². The first-order valence-electron chi connectivity index (χ1n) is 7.43. The Balaban J connectivity index is 2.08. The van der Waals surface area contributed by atoms with E-state index in [-0.39, 0.29) is 0 Å². The summed E-state index contributed by atoms with van der Waals surface area (Å²) in [5, 5.41) is 0. The molecule has 24 heavy (non-hydrogen) atoms. The molecule has 0 radical (unpaired) electrons. The number of carbonyl (C=O) groups excluding carboxylic acids is 1. The molecule has 3 aromatic rings. The third kappa shape index (κ3) is 2.78. The molecule has 0 aliphatic rings. The fraction of sp³-hybridized carbons (Fsp3) is 0.222. The average Bonchev–Trinajstić information content (AvgIpc) is 3.04. The molecule has 2 aromatic carbocycles. The normalized spacial score (nSPS) is 10.6. The van der Waals surface area contributed by atoms with Crippen LogP contribution in [0.4, 0.5) is 0 Å². The molecule has 1 N–H and O–H groups in total. The second-order valence-electron chi connectivity index (χ2n) is 5.20. The summed E-state index contributed by atoms with van der Waals surface area (Å²) in [6, 6.07) is 11.1. The quantitative estimate of drug-likeness (QED) is 0.730. The maximum Gasteiger partial charge on any atom is 0.340 e. The lowest BCUT2D eigenvalue weighted by atomic mass is 10.1. The molecule has 0 saturated heterocycles. The van der Waals surface area contributed by atoms with Gasteiger partial charge in [0.1, 0.15) is 22.8 Å². The number of ether oxygens (including phenoxy) is 3. The van der Waals surface area contributed by atoms with Crippen molar-refractivity contribution in [3.63, 3.8) is 0 Å². The van der Waals surface area contributed by atoms with E-state index in [1.54, 1.807) is 26.4 Å². The number of H-pyrrole nitrogens is 1. The molecule has 0 fully saturated rings. The second-order valence-corrected chi connectivity index (χ2v) is 5.20. The van der Waals surface area contributed by atoms with Gasteiger partial charge in [-0.05, 0) is 18.2 Å². The summed E-state index contributed by atoms with van der Waals surface area (Å²) < 4.78 is 15.6. The van der Waals surface area contributed by atoms with Gasteiger partial charge in [0.25, 0.3) is 0 Å². The van der Waals surface area contributed by atoms with Gasteiger partial charge in [-0.3, -0.25) is 0 Å². The number of methoxy groups -OCH3 is 3. The van der Waals surface area contributed by atoms with Gasteiger partial charge < -0.3 is 19.2 Å². The molecule has 124 valence electrons. The van der Waals surface area contributed by atoms with Gasteiger partial charge in [0.2, 0.25) is 0 Å². The number of aromatic amines is 1. The molecule has 3 rings (SSSR count). The molecular weight excluding hydrogens is 308 g/mol. The molecule has 0 saturated carbocycles. The van der Waals surface area contributed by atoms with Gasteiger partial charge >= 0.3 is 5.97 Å². The summed E-state index contributed by atoms with van der Waals surface area (Å²) in [6.45, 7) is 0. The third-order valence-electron chi connectivity index (χ3n) is 3.83. The number of aromatic nitrogens is 2. The summed E-state index contributed by atoms with van der Waals surface area (Å²) in [5.74, 6) is 1.68. The first kappa shape index (κ1) is 15.9. The highest BCUT2D eigenvalue weighted by Gasteiger charge is 2.18. The van der Waals surface area contributed by atoms with Crippen molar-refractivity contribution in [1.29, 1.82) is 0 Å². The maximum atomic E-state index is 12.0. The number of nitrogens with zero attached hydrogens (tertiary/aromatic N) is 1. The Hall–Kier alpha value is -3.02. The van der Waals surface area contributed by atoms with Crippen LogP contribution in [0.25, 0.3) is 11.0 Å². The van der Waals surface area contributed by atoms with Crippen LogP contribution in [0.5, 0.6) is 11.5 Å². The van der Waals surface area contributed by atoms with Crippen LogP contribution >= 0.6 is 0 Å². The van der Waals surface area contributed by atoms with Gasteiger partial charge in [0, 0.05) is 12.0 Å². The first-order chi connectivity index (χ1) is 11.7. The molecule has 1 aromatic heterocycles. The van der Waals surface area contributed by atoms with Crippen molar-refractivity contribution < 1.29 is 19.0 Å². The van der Waals surface area contributed by atoms with Crippen molar-refractivity contribution in [3.05, 3.63) is 53.3 Å². The standard InChI is InChI=1S/C18H18N2O4/c1-22-13-7-5-4-6-11(13)10-15-19-16-12(18(21)24-3)8-9-14(23-2)17(16)20-15/h4-9H,10H2,1-3H3,(H,19,20). The Morgan fingerprint density at radius 1 is 1.04 bits per heavy atom. The number of rotatable bonds is 5. The van der Waals surface area contributed by atoms with Crippen molar-refractivity contribution in [2.75, 3.05) is 21.3 Å². The molecule has 0 spiro atoms. The van der Waals surface area contributed by atoms with E-state index in [0.29, 0.717) is 34.6 Å². The third-order valence-corrected chi connectivity index (χ3v) is 3.83. The molecule has 0 aliphatic heterocycles. The lowest BCUT2D eigenvalue weighted by Gasteiger charge is -2.05. The smallest absolute Gasteiger partial charge is 0.340 e. The summed E-state index contributed by atoms with van der Waals surface area (Å²) >= 11 is 0. The van der Waals surface area contributed by atoms with Gasteiger partial charge in [-0.25, -0.2) is 9.78 Å². The lowest BCUT2D eigenvalue weighted by molar-refractivity contribution is 0.0603. The van der Waals surface area contributed by atoms with Crippen LogP contribution in [0, 0.1) is 0 Å². The van der Waals surface area contributed by atoms with Crippen molar-refractivity contribution in [3.8, 4) is 11.5 Å². The van der Waals surface area contributed by atoms with Crippen LogP contribution in [-0.2, 0) is 11.2 Å². The highest BCUT2D eigenvalue weighted by atomic mass is 16.5. The summed E-state index contributed by atoms with van der Waals surface area (Å²) in [4.78, 5) is 19.8. The van der Waals surface area contributed by atoms with Crippen LogP contribution < -0.4 is 9.47 Å². The van der Waals surface area contributed by atoms with Crippen LogP contribution in [0.3, 0.4) is 0 Å². The summed E-state index contributed by atoms with van der Waals surface area (Å²) in [5.41, 5.74) is 2.63. The van der Waals surface area contributed by atoms with E-state index in [1.807, 2.05) is 24.3 Å². The van der Waals surface area contributed by atoms with Crippen LogP contribution in [-0.4, -0.2) is 37.3 Å². The van der Waals surface area contributed by atoms with E-state index in [1.165, 1.54) is 7.11 Å². The van der Waals surface area contributed by atoms with Crippen molar-refractivity contribution in [1.82, 2.24) is 9.97 Å². The SMILES string of the molecule is COC(=O)c1ccc(OC)c2nc(Cc3ccccc3OC)[nH]c12. The van der Waals surface area contributed by atoms with Gasteiger partial charge in [0.15, 0.2) is 0 Å². The zero-order valence-electron chi connectivity index (χ0n) is 13.8. The van der Waals surface area contributed by atoms with Gasteiger partial charge in [0.05, 0.1) is 32.4 Å². The molecule has 0 aliphatic carbocycles. The Kier molecular flexibility index (Phi) is 4.37. The monoisotopic (exact) mass is 326 g/mol. The molecular formula is C18H18N2O4. The minimum Gasteiger partial charge on any atom is -0.496 e. The number of benzene rings is 2.